The van der Waals surface area contributed by atoms with Gasteiger partial charge in [-0.25, -0.2) is 0 Å². The molecule has 0 aliphatic carbocycles. The fourth-order valence-electron chi connectivity index (χ4n) is 2.71. The van der Waals surface area contributed by atoms with Crippen molar-refractivity contribution in [3.8, 4) is 0 Å². The summed E-state index contributed by atoms with van der Waals surface area (Å²) in [6.07, 6.45) is -3.85. The first-order chi connectivity index (χ1) is 12.3. The minimum absolute atomic E-state index is 0.134. The van der Waals surface area contributed by atoms with Gasteiger partial charge in [0.15, 0.2) is 6.10 Å². The quantitative estimate of drug-likeness (QED) is 0.795. The van der Waals surface area contributed by atoms with Gasteiger partial charge in [-0.15, -0.1) is 0 Å². The average Bonchev–Trinajstić information content (AvgIpc) is 3.06. The van der Waals surface area contributed by atoms with E-state index >= 15 is 0 Å². The molecule has 0 aromatic heterocycles. The summed E-state index contributed by atoms with van der Waals surface area (Å²) >= 11 is 11.9. The van der Waals surface area contributed by atoms with Gasteiger partial charge >= 0.3 is 6.18 Å². The molecular weight excluding hydrogens is 388 g/mol. The lowest BCUT2D eigenvalue weighted by molar-refractivity contribution is -0.676. The van der Waals surface area contributed by atoms with E-state index in [0.29, 0.717) is 35.1 Å². The predicted octanol–water partition coefficient (Wildman–Crippen LogP) is 4.27. The Labute approximate surface area is 158 Å². The molecule has 1 heterocycles. The number of halogens is 5. The SMILES string of the molecule is FC(F)(F)c1cccc(C[NH2+]C[C@@H]2CC(c3ccc(Cl)c(Cl)c3)=NO2)c1. The Hall–Kier alpha value is -1.76. The summed E-state index contributed by atoms with van der Waals surface area (Å²) in [6.45, 7) is 1.02. The second-order valence-corrected chi connectivity index (χ2v) is 6.84. The molecule has 3 nitrogen and oxygen atoms in total. The Bertz CT molecular complexity index is 824. The maximum atomic E-state index is 12.7. The number of hydrogen-bond donors (Lipinski definition) is 1. The van der Waals surface area contributed by atoms with Crippen LogP contribution in [0.2, 0.25) is 10.0 Å². The summed E-state index contributed by atoms with van der Waals surface area (Å²) in [5, 5.41) is 6.91. The largest absolute Gasteiger partial charge is 0.416 e. The Morgan fingerprint density at radius 3 is 2.65 bits per heavy atom. The van der Waals surface area contributed by atoms with Crippen LogP contribution in [0.5, 0.6) is 0 Å². The van der Waals surface area contributed by atoms with Crippen LogP contribution in [0, 0.1) is 0 Å². The lowest BCUT2D eigenvalue weighted by atomic mass is 10.0. The second-order valence-electron chi connectivity index (χ2n) is 6.03. The lowest BCUT2D eigenvalue weighted by Crippen LogP contribution is -2.84. The van der Waals surface area contributed by atoms with Crippen LogP contribution in [0.25, 0.3) is 0 Å². The number of quaternary nitrogens is 1. The van der Waals surface area contributed by atoms with Crippen LogP contribution in [-0.4, -0.2) is 18.4 Å². The minimum Gasteiger partial charge on any atom is -0.386 e. The summed E-state index contributed by atoms with van der Waals surface area (Å²) < 4.78 is 38.2. The highest BCUT2D eigenvalue weighted by Gasteiger charge is 2.30. The van der Waals surface area contributed by atoms with Gasteiger partial charge in [0.1, 0.15) is 13.1 Å². The molecule has 0 fully saturated rings. The Morgan fingerprint density at radius 1 is 1.12 bits per heavy atom. The van der Waals surface area contributed by atoms with E-state index in [1.54, 1.807) is 18.2 Å². The molecule has 2 aromatic rings. The molecule has 3 rings (SSSR count). The van der Waals surface area contributed by atoms with E-state index in [4.69, 9.17) is 28.0 Å². The molecule has 0 saturated heterocycles. The lowest BCUT2D eigenvalue weighted by Gasteiger charge is -2.10. The molecule has 1 aliphatic heterocycles. The van der Waals surface area contributed by atoms with Gasteiger partial charge in [-0.2, -0.15) is 13.2 Å². The monoisotopic (exact) mass is 403 g/mol. The van der Waals surface area contributed by atoms with E-state index < -0.39 is 11.7 Å². The maximum Gasteiger partial charge on any atom is 0.416 e. The molecule has 0 radical (unpaired) electrons. The van der Waals surface area contributed by atoms with Gasteiger partial charge in [0.25, 0.3) is 0 Å². The topological polar surface area (TPSA) is 38.2 Å². The van der Waals surface area contributed by atoms with Crippen LogP contribution in [-0.2, 0) is 17.6 Å². The van der Waals surface area contributed by atoms with Crippen molar-refractivity contribution >= 4 is 28.9 Å². The zero-order valence-electron chi connectivity index (χ0n) is 13.6. The normalized spacial score (nSPS) is 17.1. The molecule has 2 aromatic carbocycles. The van der Waals surface area contributed by atoms with Crippen LogP contribution in [0.3, 0.4) is 0 Å². The van der Waals surface area contributed by atoms with Crippen molar-refractivity contribution in [2.24, 2.45) is 5.16 Å². The second kappa shape index (κ2) is 7.86. The van der Waals surface area contributed by atoms with E-state index in [-0.39, 0.29) is 6.10 Å². The number of rotatable bonds is 5. The smallest absolute Gasteiger partial charge is 0.386 e. The third-order valence-corrected chi connectivity index (χ3v) is 4.79. The van der Waals surface area contributed by atoms with Gasteiger partial charge in [-0.1, -0.05) is 46.6 Å². The van der Waals surface area contributed by atoms with Gasteiger partial charge in [0.2, 0.25) is 0 Å². The number of alkyl halides is 3. The third-order valence-electron chi connectivity index (χ3n) is 4.05. The molecule has 0 bridgehead atoms. The molecule has 2 N–H and O–H groups in total. The van der Waals surface area contributed by atoms with Gasteiger partial charge < -0.3 is 10.2 Å². The van der Waals surface area contributed by atoms with Gasteiger partial charge in [-0.05, 0) is 24.3 Å². The van der Waals surface area contributed by atoms with Gasteiger partial charge in [-0.3, -0.25) is 0 Å². The molecule has 0 unspecified atom stereocenters. The standard InChI is InChI=1S/C18H15Cl2F3N2O/c19-15-5-4-12(7-16(15)20)17-8-14(26-25-17)10-24-9-11-2-1-3-13(6-11)18(21,22)23/h1-7,14,24H,8-10H2/p+1/t14-/m0/s1. The Morgan fingerprint density at radius 2 is 1.92 bits per heavy atom. The van der Waals surface area contributed by atoms with E-state index in [1.807, 2.05) is 11.4 Å². The van der Waals surface area contributed by atoms with E-state index in [1.165, 1.54) is 12.1 Å². The van der Waals surface area contributed by atoms with Crippen LogP contribution < -0.4 is 5.32 Å². The summed E-state index contributed by atoms with van der Waals surface area (Å²) in [6, 6.07) is 10.6. The van der Waals surface area contributed by atoms with Crippen molar-refractivity contribution in [1.82, 2.24) is 0 Å². The van der Waals surface area contributed by atoms with Gasteiger partial charge in [0.05, 0.1) is 21.3 Å². The summed E-state index contributed by atoms with van der Waals surface area (Å²) in [4.78, 5) is 5.41. The summed E-state index contributed by atoms with van der Waals surface area (Å²) in [5.74, 6) is 0. The van der Waals surface area contributed by atoms with Crippen LogP contribution >= 0.6 is 23.2 Å². The number of nitrogens with two attached hydrogens (primary N) is 1. The molecule has 8 heteroatoms. The fourth-order valence-corrected chi connectivity index (χ4v) is 3.01. The molecule has 0 saturated carbocycles. The van der Waals surface area contributed by atoms with Crippen LogP contribution in [0.1, 0.15) is 23.1 Å². The summed E-state index contributed by atoms with van der Waals surface area (Å²) in [5.41, 5.74) is 1.61. The maximum absolute atomic E-state index is 12.7. The Balaban J connectivity index is 1.51. The van der Waals surface area contributed by atoms with E-state index in [2.05, 4.69) is 5.16 Å². The van der Waals surface area contributed by atoms with Crippen LogP contribution in [0.15, 0.2) is 47.6 Å². The van der Waals surface area contributed by atoms with Crippen molar-refractivity contribution < 1.29 is 23.3 Å². The molecule has 138 valence electrons. The number of hydrogen-bond acceptors (Lipinski definition) is 2. The molecule has 0 spiro atoms. The first-order valence-electron chi connectivity index (χ1n) is 7.99. The molecule has 1 atom stereocenters. The zero-order chi connectivity index (χ0) is 18.7. The fraction of sp³-hybridized carbons (Fsp3) is 0.278. The highest BCUT2D eigenvalue weighted by atomic mass is 35.5. The highest BCUT2D eigenvalue weighted by Crippen LogP contribution is 2.29. The first-order valence-corrected chi connectivity index (χ1v) is 8.74. The number of oxime groups is 1. The molecule has 26 heavy (non-hydrogen) atoms. The third kappa shape index (κ3) is 4.69. The van der Waals surface area contributed by atoms with Crippen LogP contribution in [0.4, 0.5) is 13.2 Å². The van der Waals surface area contributed by atoms with E-state index in [9.17, 15) is 13.2 Å². The zero-order valence-corrected chi connectivity index (χ0v) is 15.1. The molecule has 1 aliphatic rings. The average molecular weight is 404 g/mol. The summed E-state index contributed by atoms with van der Waals surface area (Å²) in [7, 11) is 0. The predicted molar refractivity (Wildman–Crippen MR) is 94.4 cm³/mol. The highest BCUT2D eigenvalue weighted by molar-refractivity contribution is 6.42. The van der Waals surface area contributed by atoms with Crippen molar-refractivity contribution in [2.45, 2.75) is 25.2 Å². The van der Waals surface area contributed by atoms with Crippen molar-refractivity contribution in [2.75, 3.05) is 6.54 Å². The molecular formula is C18H16Cl2F3N2O+. The Kier molecular flexibility index (Phi) is 5.75. The van der Waals surface area contributed by atoms with Gasteiger partial charge in [0, 0.05) is 17.5 Å². The first kappa shape index (κ1) is 19.0. The minimum atomic E-state index is -4.33. The van der Waals surface area contributed by atoms with Crippen molar-refractivity contribution in [3.63, 3.8) is 0 Å². The van der Waals surface area contributed by atoms with Crippen molar-refractivity contribution in [3.05, 3.63) is 69.2 Å². The molecule has 0 amide bonds. The van der Waals surface area contributed by atoms with E-state index in [0.717, 1.165) is 17.3 Å². The number of nitrogens with zero attached hydrogens (tertiary/aromatic N) is 1. The van der Waals surface area contributed by atoms with Crippen molar-refractivity contribution in [1.29, 1.82) is 0 Å². The number of benzene rings is 2.